The maximum atomic E-state index is 11.1. The Bertz CT molecular complexity index is 278. The van der Waals surface area contributed by atoms with Crippen LogP contribution in [0.2, 0.25) is 0 Å². The molecule has 4 heteroatoms. The van der Waals surface area contributed by atoms with Gasteiger partial charge in [0.15, 0.2) is 0 Å². The number of carbonyl (C=O) groups excluding carboxylic acids is 4. The van der Waals surface area contributed by atoms with E-state index in [1.807, 2.05) is 6.92 Å². The number of carbonyl (C=O) groups is 4. The molecule has 84 valence electrons. The van der Waals surface area contributed by atoms with E-state index in [2.05, 4.69) is 0 Å². The maximum Gasteiger partial charge on any atom is 0.272 e. The first kappa shape index (κ1) is 13.7. The minimum absolute atomic E-state index is 0.0673. The second-order valence-corrected chi connectivity index (χ2v) is 3.45. The van der Waals surface area contributed by atoms with Crippen molar-refractivity contribution in [3.8, 4) is 0 Å². The van der Waals surface area contributed by atoms with Gasteiger partial charge in [-0.2, -0.15) is 0 Å². The predicted molar refractivity (Wildman–Crippen MR) is 54.5 cm³/mol. The number of hydrogen-bond acceptors (Lipinski definition) is 4. The van der Waals surface area contributed by atoms with Crippen molar-refractivity contribution in [1.29, 1.82) is 0 Å². The molecular weight excluding hydrogens is 196 g/mol. The van der Waals surface area contributed by atoms with Gasteiger partial charge in [-0.1, -0.05) is 26.2 Å². The second-order valence-electron chi connectivity index (χ2n) is 3.45. The van der Waals surface area contributed by atoms with Crippen LogP contribution >= 0.6 is 0 Å². The minimum atomic E-state index is -1.20. The topological polar surface area (TPSA) is 68.3 Å². The first-order chi connectivity index (χ1) is 7.00. The van der Waals surface area contributed by atoms with Crippen LogP contribution in [0.25, 0.3) is 0 Å². The molecule has 0 N–H and O–H groups in total. The van der Waals surface area contributed by atoms with E-state index in [0.717, 1.165) is 26.2 Å². The first-order valence-corrected chi connectivity index (χ1v) is 5.13. The molecule has 0 saturated carbocycles. The molecule has 0 aromatic rings. The predicted octanol–water partition coefficient (Wildman–Crippen LogP) is 1.25. The molecule has 0 heterocycles. The molecule has 0 fully saturated rings. The monoisotopic (exact) mass is 212 g/mol. The van der Waals surface area contributed by atoms with Crippen LogP contribution in [-0.4, -0.2) is 23.1 Å². The largest absolute Gasteiger partial charge is 0.291 e. The molecule has 0 aromatic heterocycles. The van der Waals surface area contributed by atoms with E-state index in [0.29, 0.717) is 6.42 Å². The summed E-state index contributed by atoms with van der Waals surface area (Å²) < 4.78 is 0. The van der Waals surface area contributed by atoms with Crippen molar-refractivity contribution in [1.82, 2.24) is 0 Å². The molecule has 4 nitrogen and oxygen atoms in total. The van der Waals surface area contributed by atoms with Gasteiger partial charge in [0.1, 0.15) is 0 Å². The van der Waals surface area contributed by atoms with Gasteiger partial charge in [-0.15, -0.1) is 0 Å². The van der Waals surface area contributed by atoms with Gasteiger partial charge in [-0.05, 0) is 6.42 Å². The van der Waals surface area contributed by atoms with Gasteiger partial charge >= 0.3 is 0 Å². The number of ketones is 4. The van der Waals surface area contributed by atoms with Crippen molar-refractivity contribution >= 4 is 23.1 Å². The molecule has 0 aliphatic carbocycles. The Morgan fingerprint density at radius 3 is 1.93 bits per heavy atom. The van der Waals surface area contributed by atoms with Crippen molar-refractivity contribution in [2.24, 2.45) is 0 Å². The third-order valence-electron chi connectivity index (χ3n) is 2.04. The van der Waals surface area contributed by atoms with Gasteiger partial charge in [0, 0.05) is 13.3 Å². The molecule has 0 radical (unpaired) electrons. The van der Waals surface area contributed by atoms with Crippen molar-refractivity contribution < 1.29 is 19.2 Å². The van der Waals surface area contributed by atoms with Crippen LogP contribution in [0, 0.1) is 0 Å². The highest BCUT2D eigenvalue weighted by molar-refractivity contribution is 6.77. The normalized spacial score (nSPS) is 9.73. The molecule has 0 aromatic carbocycles. The molecule has 0 aliphatic heterocycles. The average Bonchev–Trinajstić information content (AvgIpc) is 2.21. The molecule has 0 amide bonds. The zero-order chi connectivity index (χ0) is 11.8. The summed E-state index contributed by atoms with van der Waals surface area (Å²) in [7, 11) is 0. The molecule has 0 rings (SSSR count). The van der Waals surface area contributed by atoms with Crippen LogP contribution in [0.1, 0.15) is 46.0 Å². The van der Waals surface area contributed by atoms with Crippen LogP contribution in [-0.2, 0) is 19.2 Å². The first-order valence-electron chi connectivity index (χ1n) is 5.13. The van der Waals surface area contributed by atoms with Gasteiger partial charge in [0.2, 0.25) is 11.6 Å². The molecule has 0 spiro atoms. The summed E-state index contributed by atoms with van der Waals surface area (Å²) in [6.45, 7) is 3.02. The van der Waals surface area contributed by atoms with E-state index in [9.17, 15) is 19.2 Å². The average molecular weight is 212 g/mol. The Kier molecular flexibility index (Phi) is 6.42. The van der Waals surface area contributed by atoms with Crippen molar-refractivity contribution in [2.75, 3.05) is 0 Å². The van der Waals surface area contributed by atoms with Crippen LogP contribution in [0.5, 0.6) is 0 Å². The van der Waals surface area contributed by atoms with E-state index in [-0.39, 0.29) is 6.42 Å². The fourth-order valence-electron chi connectivity index (χ4n) is 1.11. The number of hydrogen-bond donors (Lipinski definition) is 0. The fraction of sp³-hybridized carbons (Fsp3) is 0.636. The van der Waals surface area contributed by atoms with Crippen LogP contribution in [0.4, 0.5) is 0 Å². The molecule has 0 bridgehead atoms. The van der Waals surface area contributed by atoms with Crippen LogP contribution < -0.4 is 0 Å². The summed E-state index contributed by atoms with van der Waals surface area (Å²) >= 11 is 0. The third-order valence-corrected chi connectivity index (χ3v) is 2.04. The standard InChI is InChI=1S/C11H16O4/c1-3-4-5-6-7-9(13)11(15)10(14)8(2)12/h3-7H2,1-2H3. The Morgan fingerprint density at radius 1 is 0.867 bits per heavy atom. The highest BCUT2D eigenvalue weighted by Gasteiger charge is 2.25. The van der Waals surface area contributed by atoms with E-state index >= 15 is 0 Å². The summed E-state index contributed by atoms with van der Waals surface area (Å²) in [5.74, 6) is -3.98. The van der Waals surface area contributed by atoms with Gasteiger partial charge in [0.25, 0.3) is 11.6 Å². The lowest BCUT2D eigenvalue weighted by Crippen LogP contribution is -2.28. The zero-order valence-electron chi connectivity index (χ0n) is 9.17. The zero-order valence-corrected chi connectivity index (χ0v) is 9.17. The quantitative estimate of drug-likeness (QED) is 0.345. The number of unbranched alkanes of at least 4 members (excludes halogenated alkanes) is 3. The highest BCUT2D eigenvalue weighted by atomic mass is 16.2. The molecule has 0 atom stereocenters. The van der Waals surface area contributed by atoms with Gasteiger partial charge < -0.3 is 0 Å². The Labute approximate surface area is 89.0 Å². The van der Waals surface area contributed by atoms with Crippen molar-refractivity contribution in [2.45, 2.75) is 46.0 Å². The van der Waals surface area contributed by atoms with E-state index in [1.165, 1.54) is 0 Å². The minimum Gasteiger partial charge on any atom is -0.291 e. The summed E-state index contributed by atoms with van der Waals surface area (Å²) in [6.07, 6.45) is 3.57. The lowest BCUT2D eigenvalue weighted by atomic mass is 10.0. The number of rotatable bonds is 8. The summed E-state index contributed by atoms with van der Waals surface area (Å²) in [5, 5.41) is 0. The Balaban J connectivity index is 3.95. The SMILES string of the molecule is CCCCCCC(=O)C(=O)C(=O)C(C)=O. The van der Waals surface area contributed by atoms with Crippen LogP contribution in [0.15, 0.2) is 0 Å². The van der Waals surface area contributed by atoms with Gasteiger partial charge in [-0.3, -0.25) is 19.2 Å². The van der Waals surface area contributed by atoms with Crippen molar-refractivity contribution in [3.05, 3.63) is 0 Å². The van der Waals surface area contributed by atoms with E-state index in [4.69, 9.17) is 0 Å². The number of Topliss-reactive ketones (excluding diaryl/α,β-unsaturated/α-hetero) is 4. The summed E-state index contributed by atoms with van der Waals surface area (Å²) in [5.41, 5.74) is 0. The Hall–Kier alpha value is -1.32. The Morgan fingerprint density at radius 2 is 1.47 bits per heavy atom. The summed E-state index contributed by atoms with van der Waals surface area (Å²) in [6, 6.07) is 0. The molecule has 0 aliphatic rings. The highest BCUT2D eigenvalue weighted by Crippen LogP contribution is 2.03. The molecular formula is C11H16O4. The lowest BCUT2D eigenvalue weighted by molar-refractivity contribution is -0.147. The maximum absolute atomic E-state index is 11.1. The summed E-state index contributed by atoms with van der Waals surface area (Å²) in [4.78, 5) is 43.6. The fourth-order valence-corrected chi connectivity index (χ4v) is 1.11. The van der Waals surface area contributed by atoms with Crippen molar-refractivity contribution in [3.63, 3.8) is 0 Å². The van der Waals surface area contributed by atoms with E-state index < -0.39 is 23.1 Å². The van der Waals surface area contributed by atoms with E-state index in [1.54, 1.807) is 0 Å². The molecule has 0 unspecified atom stereocenters. The molecule has 0 saturated heterocycles. The third kappa shape index (κ3) is 5.20. The smallest absolute Gasteiger partial charge is 0.272 e. The van der Waals surface area contributed by atoms with Gasteiger partial charge in [0.05, 0.1) is 0 Å². The van der Waals surface area contributed by atoms with Crippen LogP contribution in [0.3, 0.4) is 0 Å². The second kappa shape index (κ2) is 7.04. The lowest BCUT2D eigenvalue weighted by Gasteiger charge is -1.97. The molecule has 15 heavy (non-hydrogen) atoms. The van der Waals surface area contributed by atoms with Gasteiger partial charge in [-0.25, -0.2) is 0 Å².